The van der Waals surface area contributed by atoms with Gasteiger partial charge in [0.2, 0.25) is 5.91 Å². The van der Waals surface area contributed by atoms with Crippen molar-refractivity contribution in [2.45, 2.75) is 24.3 Å². The SMILES string of the molecule is COc1ccc(-c2nnc(S[C@@H](C)C(=O)Nc3cc(C)on3)n2C)cc1. The highest BCUT2D eigenvalue weighted by atomic mass is 32.2. The number of amides is 1. The third-order valence-corrected chi connectivity index (χ3v) is 4.85. The Labute approximate surface area is 154 Å². The summed E-state index contributed by atoms with van der Waals surface area (Å²) in [7, 11) is 3.49. The van der Waals surface area contributed by atoms with Crippen molar-refractivity contribution >= 4 is 23.5 Å². The van der Waals surface area contributed by atoms with Crippen molar-refractivity contribution in [2.75, 3.05) is 12.4 Å². The van der Waals surface area contributed by atoms with Gasteiger partial charge in [0.05, 0.1) is 12.4 Å². The van der Waals surface area contributed by atoms with Crippen molar-refractivity contribution in [2.24, 2.45) is 7.05 Å². The Bertz CT molecular complexity index is 904. The Morgan fingerprint density at radius 1 is 1.31 bits per heavy atom. The van der Waals surface area contributed by atoms with E-state index in [0.717, 1.165) is 17.1 Å². The molecule has 1 N–H and O–H groups in total. The van der Waals surface area contributed by atoms with Crippen LogP contribution in [0, 0.1) is 6.92 Å². The number of carbonyl (C=O) groups excluding carboxylic acids is 1. The number of benzene rings is 1. The number of ether oxygens (including phenoxy) is 1. The third-order valence-electron chi connectivity index (χ3n) is 3.71. The molecule has 3 aromatic rings. The minimum atomic E-state index is -0.376. The highest BCUT2D eigenvalue weighted by molar-refractivity contribution is 8.00. The fourth-order valence-electron chi connectivity index (χ4n) is 2.27. The Morgan fingerprint density at radius 3 is 2.65 bits per heavy atom. The lowest BCUT2D eigenvalue weighted by Gasteiger charge is -2.10. The monoisotopic (exact) mass is 373 g/mol. The molecule has 2 aromatic heterocycles. The van der Waals surface area contributed by atoms with Crippen molar-refractivity contribution < 1.29 is 14.1 Å². The first kappa shape index (κ1) is 18.0. The number of hydrogen-bond acceptors (Lipinski definition) is 7. The highest BCUT2D eigenvalue weighted by Crippen LogP contribution is 2.27. The van der Waals surface area contributed by atoms with Gasteiger partial charge in [-0.15, -0.1) is 10.2 Å². The molecule has 9 heteroatoms. The molecular formula is C17H19N5O3S. The van der Waals surface area contributed by atoms with Crippen molar-refractivity contribution in [1.29, 1.82) is 0 Å². The zero-order valence-corrected chi connectivity index (χ0v) is 15.7. The summed E-state index contributed by atoms with van der Waals surface area (Å²) in [6, 6.07) is 9.24. The van der Waals surface area contributed by atoms with Gasteiger partial charge in [-0.05, 0) is 38.1 Å². The fraction of sp³-hybridized carbons (Fsp3) is 0.294. The van der Waals surface area contributed by atoms with Gasteiger partial charge < -0.3 is 19.1 Å². The maximum atomic E-state index is 12.3. The molecule has 1 amide bonds. The summed E-state index contributed by atoms with van der Waals surface area (Å²) in [4.78, 5) is 12.3. The van der Waals surface area contributed by atoms with Crippen LogP contribution in [0.25, 0.3) is 11.4 Å². The van der Waals surface area contributed by atoms with Gasteiger partial charge in [0.15, 0.2) is 16.8 Å². The van der Waals surface area contributed by atoms with E-state index in [2.05, 4.69) is 20.7 Å². The fourth-order valence-corrected chi connectivity index (χ4v) is 3.09. The standard InChI is InChI=1S/C17H19N5O3S/c1-10-9-14(21-25-10)18-16(23)11(2)26-17-20-19-15(22(17)3)12-5-7-13(24-4)8-6-12/h5-9,11H,1-4H3,(H,18,21,23)/t11-/m0/s1. The van der Waals surface area contributed by atoms with E-state index in [1.807, 2.05) is 35.9 Å². The molecule has 0 radical (unpaired) electrons. The number of carbonyl (C=O) groups is 1. The first-order chi connectivity index (χ1) is 12.5. The van der Waals surface area contributed by atoms with Gasteiger partial charge in [-0.1, -0.05) is 16.9 Å². The van der Waals surface area contributed by atoms with Gasteiger partial charge in [0.25, 0.3) is 0 Å². The molecule has 8 nitrogen and oxygen atoms in total. The van der Waals surface area contributed by atoms with Crippen LogP contribution in [0.15, 0.2) is 40.0 Å². The van der Waals surface area contributed by atoms with Crippen LogP contribution >= 0.6 is 11.8 Å². The van der Waals surface area contributed by atoms with E-state index in [1.54, 1.807) is 27.0 Å². The smallest absolute Gasteiger partial charge is 0.238 e. The molecule has 0 saturated heterocycles. The van der Waals surface area contributed by atoms with Crippen LogP contribution in [0.2, 0.25) is 0 Å². The minimum Gasteiger partial charge on any atom is -0.497 e. The molecule has 26 heavy (non-hydrogen) atoms. The maximum absolute atomic E-state index is 12.3. The van der Waals surface area contributed by atoms with Crippen LogP contribution in [0.4, 0.5) is 5.82 Å². The largest absolute Gasteiger partial charge is 0.497 e. The van der Waals surface area contributed by atoms with E-state index >= 15 is 0 Å². The van der Waals surface area contributed by atoms with E-state index in [4.69, 9.17) is 9.26 Å². The molecule has 3 rings (SSSR count). The van der Waals surface area contributed by atoms with E-state index in [9.17, 15) is 4.79 Å². The van der Waals surface area contributed by atoms with E-state index in [0.29, 0.717) is 16.7 Å². The minimum absolute atomic E-state index is 0.183. The van der Waals surface area contributed by atoms with Crippen molar-refractivity contribution in [3.8, 4) is 17.1 Å². The molecule has 0 fully saturated rings. The van der Waals surface area contributed by atoms with Crippen LogP contribution < -0.4 is 10.1 Å². The lowest BCUT2D eigenvalue weighted by Crippen LogP contribution is -2.23. The molecule has 136 valence electrons. The Kier molecular flexibility index (Phi) is 5.27. The first-order valence-corrected chi connectivity index (χ1v) is 8.80. The zero-order chi connectivity index (χ0) is 18.7. The predicted molar refractivity (Wildman–Crippen MR) is 98.2 cm³/mol. The number of thioether (sulfide) groups is 1. The molecule has 0 bridgehead atoms. The molecule has 0 unspecified atom stereocenters. The summed E-state index contributed by atoms with van der Waals surface area (Å²) < 4.78 is 12.0. The molecule has 2 heterocycles. The normalized spacial score (nSPS) is 12.0. The summed E-state index contributed by atoms with van der Waals surface area (Å²) in [5.74, 6) is 2.35. The number of aryl methyl sites for hydroxylation is 1. The Balaban J connectivity index is 1.69. The molecule has 0 spiro atoms. The molecule has 1 atom stereocenters. The van der Waals surface area contributed by atoms with Crippen LogP contribution in [0.5, 0.6) is 5.75 Å². The third kappa shape index (κ3) is 3.88. The summed E-state index contributed by atoms with van der Waals surface area (Å²) in [5.41, 5.74) is 0.919. The summed E-state index contributed by atoms with van der Waals surface area (Å²) in [6.07, 6.45) is 0. The number of hydrogen-bond donors (Lipinski definition) is 1. The second kappa shape index (κ2) is 7.61. The van der Waals surface area contributed by atoms with Gasteiger partial charge in [-0.25, -0.2) is 0 Å². The molecule has 0 aliphatic rings. The number of aromatic nitrogens is 4. The first-order valence-electron chi connectivity index (χ1n) is 7.92. The lowest BCUT2D eigenvalue weighted by atomic mass is 10.2. The molecule has 0 aliphatic carbocycles. The number of anilines is 1. The average molecular weight is 373 g/mol. The number of nitrogens with one attached hydrogen (secondary N) is 1. The van der Waals surface area contributed by atoms with Crippen molar-refractivity contribution in [3.63, 3.8) is 0 Å². The lowest BCUT2D eigenvalue weighted by molar-refractivity contribution is -0.115. The predicted octanol–water partition coefficient (Wildman–Crippen LogP) is 2.91. The van der Waals surface area contributed by atoms with Gasteiger partial charge >= 0.3 is 0 Å². The van der Waals surface area contributed by atoms with E-state index in [-0.39, 0.29) is 11.2 Å². The quantitative estimate of drug-likeness (QED) is 0.664. The maximum Gasteiger partial charge on any atom is 0.238 e. The van der Waals surface area contributed by atoms with E-state index < -0.39 is 0 Å². The molecule has 1 aromatic carbocycles. The van der Waals surface area contributed by atoms with Crippen LogP contribution in [-0.2, 0) is 11.8 Å². The molecule has 0 saturated carbocycles. The van der Waals surface area contributed by atoms with Gasteiger partial charge in [-0.2, -0.15) is 0 Å². The summed E-state index contributed by atoms with van der Waals surface area (Å²) in [6.45, 7) is 3.57. The average Bonchev–Trinajstić information content (AvgIpc) is 3.21. The van der Waals surface area contributed by atoms with Crippen molar-refractivity contribution in [1.82, 2.24) is 19.9 Å². The van der Waals surface area contributed by atoms with Crippen molar-refractivity contribution in [3.05, 3.63) is 36.1 Å². The number of methoxy groups -OCH3 is 1. The van der Waals surface area contributed by atoms with Crippen LogP contribution in [-0.4, -0.2) is 38.2 Å². The second-order valence-corrected chi connectivity index (χ2v) is 6.97. The Morgan fingerprint density at radius 2 is 2.04 bits per heavy atom. The van der Waals surface area contributed by atoms with Gasteiger partial charge in [0, 0.05) is 18.7 Å². The Hall–Kier alpha value is -2.81. The summed E-state index contributed by atoms with van der Waals surface area (Å²) >= 11 is 1.32. The molecule has 0 aliphatic heterocycles. The van der Waals surface area contributed by atoms with E-state index in [1.165, 1.54) is 11.8 Å². The topological polar surface area (TPSA) is 95.1 Å². The molecular weight excluding hydrogens is 354 g/mol. The van der Waals surface area contributed by atoms with Gasteiger partial charge in [-0.3, -0.25) is 4.79 Å². The zero-order valence-electron chi connectivity index (χ0n) is 14.9. The summed E-state index contributed by atoms with van der Waals surface area (Å²) in [5, 5.41) is 15.2. The highest BCUT2D eigenvalue weighted by Gasteiger charge is 2.20. The second-order valence-electron chi connectivity index (χ2n) is 5.67. The number of nitrogens with zero attached hydrogens (tertiary/aromatic N) is 4. The van der Waals surface area contributed by atoms with Crippen LogP contribution in [0.1, 0.15) is 12.7 Å². The number of rotatable bonds is 6. The van der Waals surface area contributed by atoms with Crippen LogP contribution in [0.3, 0.4) is 0 Å². The van der Waals surface area contributed by atoms with Gasteiger partial charge in [0.1, 0.15) is 11.5 Å².